The number of alkyl halides is 3. The maximum atomic E-state index is 13.3. The molecule has 0 spiro atoms. The number of carbonyl (C=O) groups excluding carboxylic acids is 4. The molecule has 1 aromatic carbocycles. The van der Waals surface area contributed by atoms with Gasteiger partial charge in [-0.1, -0.05) is 19.1 Å². The van der Waals surface area contributed by atoms with Crippen LogP contribution in [0.3, 0.4) is 0 Å². The molecule has 0 aliphatic carbocycles. The van der Waals surface area contributed by atoms with Crippen molar-refractivity contribution in [1.82, 2.24) is 10.6 Å². The molecule has 2 aromatic rings. The molecule has 40 heavy (non-hydrogen) atoms. The van der Waals surface area contributed by atoms with Gasteiger partial charge in [-0.05, 0) is 36.6 Å². The zero-order valence-electron chi connectivity index (χ0n) is 21.6. The van der Waals surface area contributed by atoms with Crippen LogP contribution in [-0.2, 0) is 19.1 Å². The Morgan fingerprint density at radius 2 is 1.62 bits per heavy atom. The van der Waals surface area contributed by atoms with Crippen LogP contribution in [0.2, 0.25) is 0 Å². The highest BCUT2D eigenvalue weighted by Gasteiger charge is 2.38. The molecule has 1 unspecified atom stereocenters. The van der Waals surface area contributed by atoms with Crippen LogP contribution >= 0.6 is 11.3 Å². The first-order chi connectivity index (χ1) is 18.7. The third kappa shape index (κ3) is 9.92. The summed E-state index contributed by atoms with van der Waals surface area (Å²) in [7, 11) is 1.21. The van der Waals surface area contributed by atoms with Gasteiger partial charge in [-0.2, -0.15) is 13.2 Å². The van der Waals surface area contributed by atoms with Crippen molar-refractivity contribution in [3.63, 3.8) is 0 Å². The summed E-state index contributed by atoms with van der Waals surface area (Å²) in [5.74, 6) is -5.64. The van der Waals surface area contributed by atoms with Gasteiger partial charge < -0.3 is 31.5 Å². The van der Waals surface area contributed by atoms with Crippen LogP contribution in [0.4, 0.5) is 22.6 Å². The number of hydrogen-bond donors (Lipinski definition) is 5. The molecule has 3 amide bonds. The highest BCUT2D eigenvalue weighted by atomic mass is 32.1. The number of carbonyl (C=O) groups is 5. The lowest BCUT2D eigenvalue weighted by molar-refractivity contribution is -0.192. The molecular formula is C24H28F4N4O7S. The van der Waals surface area contributed by atoms with Gasteiger partial charge in [0.25, 0.3) is 5.91 Å². The average molecular weight is 593 g/mol. The number of nitrogens with one attached hydrogen (secondary N) is 3. The number of carboxylic acid groups (broad SMARTS) is 1. The predicted octanol–water partition coefficient (Wildman–Crippen LogP) is 2.55. The van der Waals surface area contributed by atoms with Crippen molar-refractivity contribution in [2.24, 2.45) is 5.73 Å². The number of ether oxygens (including phenoxy) is 1. The smallest absolute Gasteiger partial charge is 0.475 e. The number of benzene rings is 1. The standard InChI is InChI=1S/C22H27FN4O5S.C2HF3O2/c1-4-15(13-5-7-14(23)8-6-13)19(29)27-21-17(22(31)32-3)12(2)18(33-21)20(30)26-10-9-25-16(28)11-24;3-2(4,5)1(6)7/h5-8,15H,4,9-11,24H2,1-3H3,(H,25,28)(H,26,30)(H,27,29);(H,6,7). The van der Waals surface area contributed by atoms with E-state index in [1.165, 1.54) is 31.4 Å². The summed E-state index contributed by atoms with van der Waals surface area (Å²) in [5.41, 5.74) is 6.29. The van der Waals surface area contributed by atoms with E-state index in [9.17, 15) is 36.7 Å². The van der Waals surface area contributed by atoms with Crippen molar-refractivity contribution in [2.75, 3.05) is 32.1 Å². The van der Waals surface area contributed by atoms with Crippen LogP contribution < -0.4 is 21.7 Å². The minimum Gasteiger partial charge on any atom is -0.475 e. The number of amides is 3. The van der Waals surface area contributed by atoms with Crippen LogP contribution in [0.15, 0.2) is 24.3 Å². The number of thiophene rings is 1. The zero-order valence-corrected chi connectivity index (χ0v) is 22.4. The Bertz CT molecular complexity index is 1220. The Kier molecular flexibility index (Phi) is 13.2. The summed E-state index contributed by atoms with van der Waals surface area (Å²) in [6.07, 6.45) is -4.64. The Balaban J connectivity index is 0.00000101. The Labute approximate surface area is 230 Å². The molecule has 0 radical (unpaired) electrons. The average Bonchev–Trinajstić information content (AvgIpc) is 3.22. The topological polar surface area (TPSA) is 177 Å². The number of esters is 1. The largest absolute Gasteiger partial charge is 0.490 e. The maximum absolute atomic E-state index is 13.3. The molecule has 1 heterocycles. The van der Waals surface area contributed by atoms with E-state index < -0.39 is 41.7 Å². The molecule has 0 saturated carbocycles. The van der Waals surface area contributed by atoms with Crippen LogP contribution in [0, 0.1) is 12.7 Å². The number of nitrogens with two attached hydrogens (primary N) is 1. The fraction of sp³-hybridized carbons (Fsp3) is 0.375. The van der Waals surface area contributed by atoms with Crippen LogP contribution in [0.1, 0.15) is 50.4 Å². The Morgan fingerprint density at radius 3 is 2.10 bits per heavy atom. The minimum absolute atomic E-state index is 0.0893. The van der Waals surface area contributed by atoms with E-state index in [0.717, 1.165) is 11.3 Å². The van der Waals surface area contributed by atoms with Crippen LogP contribution in [0.25, 0.3) is 0 Å². The third-order valence-electron chi connectivity index (χ3n) is 5.14. The van der Waals surface area contributed by atoms with E-state index in [0.29, 0.717) is 17.5 Å². The maximum Gasteiger partial charge on any atom is 0.490 e. The minimum atomic E-state index is -5.08. The molecular weight excluding hydrogens is 564 g/mol. The molecule has 11 nitrogen and oxygen atoms in total. The summed E-state index contributed by atoms with van der Waals surface area (Å²) in [5, 5.41) is 15.2. The van der Waals surface area contributed by atoms with Crippen LogP contribution in [0.5, 0.6) is 0 Å². The van der Waals surface area contributed by atoms with Crippen molar-refractivity contribution >= 4 is 46.0 Å². The fourth-order valence-corrected chi connectivity index (χ4v) is 4.28. The molecule has 0 bridgehead atoms. The number of methoxy groups -OCH3 is 1. The highest BCUT2D eigenvalue weighted by Crippen LogP contribution is 2.35. The number of hydrogen-bond acceptors (Lipinski definition) is 8. The van der Waals surface area contributed by atoms with Gasteiger partial charge in [-0.15, -0.1) is 11.3 Å². The van der Waals surface area contributed by atoms with E-state index in [-0.39, 0.29) is 41.0 Å². The summed E-state index contributed by atoms with van der Waals surface area (Å²) >= 11 is 0.948. The van der Waals surface area contributed by atoms with Gasteiger partial charge in [0.15, 0.2) is 0 Å². The number of aliphatic carboxylic acids is 1. The molecule has 16 heteroatoms. The van der Waals surface area contributed by atoms with Gasteiger partial charge in [0.1, 0.15) is 10.8 Å². The molecule has 0 aliphatic rings. The second-order valence-electron chi connectivity index (χ2n) is 7.87. The van der Waals surface area contributed by atoms with E-state index >= 15 is 0 Å². The van der Waals surface area contributed by atoms with Gasteiger partial charge in [0.05, 0.1) is 30.0 Å². The Hall–Kier alpha value is -4.05. The lowest BCUT2D eigenvalue weighted by atomic mass is 9.95. The van der Waals surface area contributed by atoms with Crippen molar-refractivity contribution in [1.29, 1.82) is 0 Å². The molecule has 220 valence electrons. The quantitative estimate of drug-likeness (QED) is 0.159. The summed E-state index contributed by atoms with van der Waals surface area (Å²) in [6.45, 7) is 3.59. The van der Waals surface area contributed by atoms with Gasteiger partial charge >= 0.3 is 18.1 Å². The molecule has 2 rings (SSSR count). The molecule has 6 N–H and O–H groups in total. The third-order valence-corrected chi connectivity index (χ3v) is 6.34. The number of carboxylic acids is 1. The number of halogens is 4. The van der Waals surface area contributed by atoms with Crippen molar-refractivity contribution in [3.8, 4) is 0 Å². The summed E-state index contributed by atoms with van der Waals surface area (Å²) in [6, 6.07) is 5.62. The fourth-order valence-electron chi connectivity index (χ4n) is 3.16. The number of anilines is 1. The first-order valence-corrected chi connectivity index (χ1v) is 12.3. The Morgan fingerprint density at radius 1 is 1.07 bits per heavy atom. The molecule has 0 fully saturated rings. The first kappa shape index (κ1) is 34.0. The van der Waals surface area contributed by atoms with Crippen molar-refractivity contribution in [2.45, 2.75) is 32.4 Å². The highest BCUT2D eigenvalue weighted by molar-refractivity contribution is 7.18. The predicted molar refractivity (Wildman–Crippen MR) is 137 cm³/mol. The van der Waals surface area contributed by atoms with Gasteiger partial charge in [0.2, 0.25) is 11.8 Å². The lowest BCUT2D eigenvalue weighted by Gasteiger charge is -2.15. The zero-order chi connectivity index (χ0) is 30.6. The van der Waals surface area contributed by atoms with Gasteiger partial charge in [-0.3, -0.25) is 14.4 Å². The first-order valence-electron chi connectivity index (χ1n) is 11.5. The molecule has 1 atom stereocenters. The second-order valence-corrected chi connectivity index (χ2v) is 8.89. The van der Waals surface area contributed by atoms with Gasteiger partial charge in [-0.25, -0.2) is 14.0 Å². The van der Waals surface area contributed by atoms with Gasteiger partial charge in [0, 0.05) is 13.1 Å². The summed E-state index contributed by atoms with van der Waals surface area (Å²) in [4.78, 5) is 58.3. The van der Waals surface area contributed by atoms with Crippen molar-refractivity contribution < 1.29 is 51.4 Å². The van der Waals surface area contributed by atoms with E-state index in [2.05, 4.69) is 16.0 Å². The lowest BCUT2D eigenvalue weighted by Crippen LogP contribution is -2.37. The summed E-state index contributed by atoms with van der Waals surface area (Å²) < 4.78 is 49.8. The SMILES string of the molecule is CCC(C(=O)Nc1sc(C(=O)NCCNC(=O)CN)c(C)c1C(=O)OC)c1ccc(F)cc1.O=C(O)C(F)(F)F. The molecule has 0 aliphatic heterocycles. The van der Waals surface area contributed by atoms with E-state index in [4.69, 9.17) is 20.4 Å². The second kappa shape index (κ2) is 15.5. The van der Waals surface area contributed by atoms with Crippen molar-refractivity contribution in [3.05, 3.63) is 51.7 Å². The molecule has 0 saturated heterocycles. The number of rotatable bonds is 10. The normalized spacial score (nSPS) is 11.4. The van der Waals surface area contributed by atoms with E-state index in [1.807, 2.05) is 6.92 Å². The molecule has 1 aromatic heterocycles. The van der Waals surface area contributed by atoms with E-state index in [1.54, 1.807) is 6.92 Å². The monoisotopic (exact) mass is 592 g/mol. The van der Waals surface area contributed by atoms with Crippen LogP contribution in [-0.4, -0.2) is 67.7 Å².